The molecular weight excluding hydrogens is 594 g/mol. The number of tetrazole rings is 1. The maximum atomic E-state index is 13.4. The number of fused-ring (bicyclic) bond motifs is 1. The molecular formula is C29H32BrN5O4S. The summed E-state index contributed by atoms with van der Waals surface area (Å²) in [5.41, 5.74) is 2.02. The van der Waals surface area contributed by atoms with Crippen LogP contribution in [0.25, 0.3) is 31.9 Å². The van der Waals surface area contributed by atoms with Gasteiger partial charge in [0.2, 0.25) is 11.7 Å². The van der Waals surface area contributed by atoms with Gasteiger partial charge in [-0.25, -0.2) is 4.79 Å². The third kappa shape index (κ3) is 6.20. The van der Waals surface area contributed by atoms with E-state index in [0.717, 1.165) is 68.2 Å². The number of benzene rings is 2. The summed E-state index contributed by atoms with van der Waals surface area (Å²) < 4.78 is 7.50. The zero-order valence-corrected chi connectivity index (χ0v) is 24.8. The average molecular weight is 627 g/mol. The van der Waals surface area contributed by atoms with E-state index in [0.29, 0.717) is 31.6 Å². The lowest BCUT2D eigenvalue weighted by Gasteiger charge is -2.34. The molecule has 1 amide bonds. The highest BCUT2D eigenvalue weighted by atomic mass is 79.9. The van der Waals surface area contributed by atoms with Crippen LogP contribution >= 0.6 is 27.3 Å². The van der Waals surface area contributed by atoms with Crippen molar-refractivity contribution in [3.8, 4) is 21.8 Å². The number of ether oxygens (including phenoxy) is 1. The van der Waals surface area contributed by atoms with E-state index in [2.05, 4.69) is 55.6 Å². The average Bonchev–Trinajstić information content (AvgIpc) is 3.70. The van der Waals surface area contributed by atoms with Gasteiger partial charge in [0, 0.05) is 38.7 Å². The number of H-pyrrole nitrogens is 1. The van der Waals surface area contributed by atoms with Crippen molar-refractivity contribution in [1.82, 2.24) is 25.5 Å². The minimum absolute atomic E-state index is 0.0351. The topological polar surface area (TPSA) is 121 Å². The van der Waals surface area contributed by atoms with E-state index in [-0.39, 0.29) is 12.5 Å². The first-order valence-electron chi connectivity index (χ1n) is 13.6. The van der Waals surface area contributed by atoms with E-state index in [4.69, 9.17) is 4.74 Å². The van der Waals surface area contributed by atoms with Crippen molar-refractivity contribution in [2.24, 2.45) is 0 Å². The monoisotopic (exact) mass is 625 g/mol. The Balaban J connectivity index is 1.45. The molecule has 0 bridgehead atoms. The van der Waals surface area contributed by atoms with Gasteiger partial charge < -0.3 is 14.7 Å². The van der Waals surface area contributed by atoms with Gasteiger partial charge in [-0.15, -0.1) is 21.5 Å². The Morgan fingerprint density at radius 3 is 2.62 bits per heavy atom. The van der Waals surface area contributed by atoms with Crippen LogP contribution in [0.15, 0.2) is 46.9 Å². The lowest BCUT2D eigenvalue weighted by Crippen LogP contribution is -2.46. The molecule has 4 aromatic rings. The zero-order valence-electron chi connectivity index (χ0n) is 22.4. The molecule has 2 aromatic carbocycles. The standard InChI is InChI=1S/C29H32BrN5O4S/c1-2-3-4-11-24(36)35(18-29(39-28(37)38)14-7-8-15-29)17-19-12-13-23-22(16-19)25(30)26(40-23)20-9-5-6-10-21(20)27-31-33-34-32-27/h5-6,9-10,12-13,16H,2-4,7-8,11,14-15,17-18H2,1H3,(H,37,38)(H,31,32,33,34). The fourth-order valence-electron chi connectivity index (χ4n) is 5.52. The van der Waals surface area contributed by atoms with E-state index >= 15 is 0 Å². The number of carbonyl (C=O) groups excluding carboxylic acids is 1. The maximum Gasteiger partial charge on any atom is 0.506 e. The summed E-state index contributed by atoms with van der Waals surface area (Å²) in [5, 5.41) is 25.1. The largest absolute Gasteiger partial charge is 0.506 e. The second kappa shape index (κ2) is 12.5. The molecule has 0 atom stereocenters. The Morgan fingerprint density at radius 2 is 1.93 bits per heavy atom. The number of nitrogens with one attached hydrogen (secondary N) is 1. The molecule has 1 aliphatic carbocycles. The molecule has 0 radical (unpaired) electrons. The van der Waals surface area contributed by atoms with Gasteiger partial charge in [-0.05, 0) is 70.9 Å². The quantitative estimate of drug-likeness (QED) is 0.131. The molecule has 210 valence electrons. The van der Waals surface area contributed by atoms with E-state index < -0.39 is 11.8 Å². The molecule has 5 rings (SSSR count). The summed E-state index contributed by atoms with van der Waals surface area (Å²) >= 11 is 5.51. The van der Waals surface area contributed by atoms with Crippen molar-refractivity contribution in [2.45, 2.75) is 70.4 Å². The first-order chi connectivity index (χ1) is 19.4. The van der Waals surface area contributed by atoms with Crippen molar-refractivity contribution in [3.05, 3.63) is 52.5 Å². The number of rotatable bonds is 11. The maximum absolute atomic E-state index is 13.4. The van der Waals surface area contributed by atoms with Crippen LogP contribution in [0.4, 0.5) is 4.79 Å². The second-order valence-corrected chi connectivity index (χ2v) is 12.2. The molecule has 0 saturated heterocycles. The van der Waals surface area contributed by atoms with E-state index in [1.54, 1.807) is 16.2 Å². The summed E-state index contributed by atoms with van der Waals surface area (Å²) in [5.74, 6) is 0.565. The number of unbranched alkanes of at least 4 members (excludes halogenated alkanes) is 2. The molecule has 9 nitrogen and oxygen atoms in total. The zero-order chi connectivity index (χ0) is 28.1. The molecule has 0 unspecified atom stereocenters. The summed E-state index contributed by atoms with van der Waals surface area (Å²) in [6.07, 6.45) is 5.05. The van der Waals surface area contributed by atoms with Crippen molar-refractivity contribution < 1.29 is 19.4 Å². The molecule has 2 heterocycles. The first-order valence-corrected chi connectivity index (χ1v) is 15.2. The Morgan fingerprint density at radius 1 is 1.15 bits per heavy atom. The molecule has 0 aliphatic heterocycles. The van der Waals surface area contributed by atoms with Crippen molar-refractivity contribution in [2.75, 3.05) is 6.54 Å². The third-order valence-corrected chi connectivity index (χ3v) is 9.76. The highest BCUT2D eigenvalue weighted by Gasteiger charge is 2.40. The summed E-state index contributed by atoms with van der Waals surface area (Å²) in [4.78, 5) is 27.8. The van der Waals surface area contributed by atoms with Crippen LogP contribution in [0.5, 0.6) is 0 Å². The summed E-state index contributed by atoms with van der Waals surface area (Å²) in [7, 11) is 0. The summed E-state index contributed by atoms with van der Waals surface area (Å²) in [6, 6.07) is 14.2. The molecule has 1 aliphatic rings. The van der Waals surface area contributed by atoms with Crippen molar-refractivity contribution in [1.29, 1.82) is 0 Å². The molecule has 2 aromatic heterocycles. The smallest absolute Gasteiger partial charge is 0.450 e. The highest BCUT2D eigenvalue weighted by molar-refractivity contribution is 9.10. The Bertz CT molecular complexity index is 1480. The number of halogens is 1. The lowest BCUT2D eigenvalue weighted by atomic mass is 10.00. The fraction of sp³-hybridized carbons (Fsp3) is 0.414. The number of amides is 1. The highest BCUT2D eigenvalue weighted by Crippen LogP contribution is 2.45. The van der Waals surface area contributed by atoms with Crippen LogP contribution in [0.3, 0.4) is 0 Å². The Hall–Kier alpha value is -3.31. The number of hydrogen-bond donors (Lipinski definition) is 2. The number of carboxylic acid groups (broad SMARTS) is 1. The molecule has 1 saturated carbocycles. The molecule has 1 fully saturated rings. The first kappa shape index (κ1) is 28.2. The molecule has 2 N–H and O–H groups in total. The van der Waals surface area contributed by atoms with Crippen LogP contribution in [-0.2, 0) is 16.1 Å². The SMILES string of the molecule is CCCCCC(=O)N(Cc1ccc2sc(-c3ccccc3-c3nn[nH]n3)c(Br)c2c1)CC1(OC(=O)O)CCCC1. The van der Waals surface area contributed by atoms with Gasteiger partial charge in [0.15, 0.2) is 0 Å². The van der Waals surface area contributed by atoms with Gasteiger partial charge in [0.05, 0.1) is 11.4 Å². The number of nitrogens with zero attached hydrogens (tertiary/aromatic N) is 4. The van der Waals surface area contributed by atoms with Crippen LogP contribution in [0.1, 0.15) is 63.9 Å². The third-order valence-electron chi connectivity index (χ3n) is 7.47. The number of thiophene rings is 1. The molecule has 0 spiro atoms. The normalized spacial score (nSPS) is 14.4. The molecule has 40 heavy (non-hydrogen) atoms. The van der Waals surface area contributed by atoms with Crippen LogP contribution in [0, 0.1) is 0 Å². The van der Waals surface area contributed by atoms with E-state index in [9.17, 15) is 14.7 Å². The predicted molar refractivity (Wildman–Crippen MR) is 158 cm³/mol. The van der Waals surface area contributed by atoms with Crippen LogP contribution in [0.2, 0.25) is 0 Å². The van der Waals surface area contributed by atoms with Gasteiger partial charge in [0.25, 0.3) is 0 Å². The summed E-state index contributed by atoms with van der Waals surface area (Å²) in [6.45, 7) is 2.78. The van der Waals surface area contributed by atoms with E-state index in [1.807, 2.05) is 30.3 Å². The predicted octanol–water partition coefficient (Wildman–Crippen LogP) is 7.43. The fourth-order valence-corrected chi connectivity index (χ4v) is 7.55. The number of hydrogen-bond acceptors (Lipinski definition) is 7. The van der Waals surface area contributed by atoms with Crippen LogP contribution < -0.4 is 0 Å². The Labute approximate surface area is 245 Å². The van der Waals surface area contributed by atoms with Gasteiger partial charge in [-0.3, -0.25) is 4.79 Å². The Kier molecular flexibility index (Phi) is 8.80. The minimum Gasteiger partial charge on any atom is -0.450 e. The molecule has 11 heteroatoms. The van der Waals surface area contributed by atoms with Crippen molar-refractivity contribution in [3.63, 3.8) is 0 Å². The van der Waals surface area contributed by atoms with Crippen molar-refractivity contribution >= 4 is 49.4 Å². The number of carbonyl (C=O) groups is 2. The van der Waals surface area contributed by atoms with Crippen LogP contribution in [-0.4, -0.2) is 54.8 Å². The van der Waals surface area contributed by atoms with Gasteiger partial charge in [-0.2, -0.15) is 5.21 Å². The van der Waals surface area contributed by atoms with Gasteiger partial charge >= 0.3 is 6.16 Å². The van der Waals surface area contributed by atoms with Gasteiger partial charge in [-0.1, -0.05) is 50.1 Å². The second-order valence-electron chi connectivity index (χ2n) is 10.3. The minimum atomic E-state index is -1.28. The van der Waals surface area contributed by atoms with E-state index in [1.165, 1.54) is 0 Å². The number of aromatic amines is 1. The number of aromatic nitrogens is 4. The van der Waals surface area contributed by atoms with Gasteiger partial charge in [0.1, 0.15) is 5.60 Å². The lowest BCUT2D eigenvalue weighted by molar-refractivity contribution is -0.136.